The lowest BCUT2D eigenvalue weighted by atomic mass is 10.2. The Hall–Kier alpha value is -2.07. The molecule has 3 nitrogen and oxygen atoms in total. The van der Waals surface area contributed by atoms with Gasteiger partial charge in [0.25, 0.3) is 5.89 Å². The van der Waals surface area contributed by atoms with Gasteiger partial charge in [-0.15, -0.1) is 12.6 Å². The number of benzene rings is 2. The smallest absolute Gasteiger partial charge is 0.259 e. The van der Waals surface area contributed by atoms with Gasteiger partial charge < -0.3 is 4.52 Å². The van der Waals surface area contributed by atoms with Crippen molar-refractivity contribution in [3.63, 3.8) is 0 Å². The van der Waals surface area contributed by atoms with Crippen LogP contribution >= 0.6 is 12.6 Å². The lowest BCUT2D eigenvalue weighted by Crippen LogP contribution is -1.81. The first kappa shape index (κ1) is 11.0. The number of rotatable bonds is 2. The molecule has 0 unspecified atom stereocenters. The third kappa shape index (κ3) is 2.02. The van der Waals surface area contributed by atoms with Crippen molar-refractivity contribution in [1.82, 2.24) is 10.1 Å². The molecule has 1 heterocycles. The molecule has 1 aromatic heterocycles. The molecule has 0 aliphatic heterocycles. The summed E-state index contributed by atoms with van der Waals surface area (Å²) in [6.07, 6.45) is 0. The summed E-state index contributed by atoms with van der Waals surface area (Å²) < 4.78 is 5.28. The van der Waals surface area contributed by atoms with E-state index in [0.29, 0.717) is 11.7 Å². The van der Waals surface area contributed by atoms with Crippen LogP contribution in [0.25, 0.3) is 22.8 Å². The van der Waals surface area contributed by atoms with Crippen LogP contribution in [0.1, 0.15) is 0 Å². The minimum Gasteiger partial charge on any atom is -0.334 e. The average molecular weight is 254 g/mol. The summed E-state index contributed by atoms with van der Waals surface area (Å²) >= 11 is 4.38. The number of hydrogen-bond donors (Lipinski definition) is 1. The van der Waals surface area contributed by atoms with Crippen molar-refractivity contribution in [2.75, 3.05) is 0 Å². The maximum Gasteiger partial charge on any atom is 0.259 e. The van der Waals surface area contributed by atoms with E-state index in [1.54, 1.807) is 0 Å². The Morgan fingerprint density at radius 1 is 0.889 bits per heavy atom. The quantitative estimate of drug-likeness (QED) is 0.709. The van der Waals surface area contributed by atoms with Gasteiger partial charge in [-0.25, -0.2) is 0 Å². The van der Waals surface area contributed by atoms with Crippen LogP contribution in [0.2, 0.25) is 0 Å². The zero-order chi connectivity index (χ0) is 12.4. The molecule has 0 aliphatic carbocycles. The molecule has 0 radical (unpaired) electrons. The van der Waals surface area contributed by atoms with E-state index in [1.807, 2.05) is 54.6 Å². The highest BCUT2D eigenvalue weighted by Gasteiger charge is 2.11. The van der Waals surface area contributed by atoms with Crippen molar-refractivity contribution in [2.24, 2.45) is 0 Å². The number of thiol groups is 1. The van der Waals surface area contributed by atoms with Gasteiger partial charge in [-0.2, -0.15) is 4.98 Å². The molecule has 0 bridgehead atoms. The monoisotopic (exact) mass is 254 g/mol. The van der Waals surface area contributed by atoms with Crippen molar-refractivity contribution < 1.29 is 4.52 Å². The second-order valence-electron chi connectivity index (χ2n) is 3.81. The molecule has 4 heteroatoms. The Labute approximate surface area is 110 Å². The van der Waals surface area contributed by atoms with E-state index in [4.69, 9.17) is 4.52 Å². The van der Waals surface area contributed by atoms with Gasteiger partial charge in [-0.3, -0.25) is 0 Å². The molecule has 0 spiro atoms. The molecular weight excluding hydrogens is 244 g/mol. The molecule has 18 heavy (non-hydrogen) atoms. The zero-order valence-electron chi connectivity index (χ0n) is 9.45. The number of nitrogens with zero attached hydrogens (tertiary/aromatic N) is 2. The van der Waals surface area contributed by atoms with E-state index >= 15 is 0 Å². The zero-order valence-corrected chi connectivity index (χ0v) is 10.3. The van der Waals surface area contributed by atoms with Crippen LogP contribution in [-0.2, 0) is 0 Å². The third-order valence-electron chi connectivity index (χ3n) is 2.59. The van der Waals surface area contributed by atoms with Gasteiger partial charge in [-0.05, 0) is 12.1 Å². The summed E-state index contributed by atoms with van der Waals surface area (Å²) in [4.78, 5) is 5.21. The van der Waals surface area contributed by atoms with E-state index in [-0.39, 0.29) is 0 Å². The van der Waals surface area contributed by atoms with E-state index in [2.05, 4.69) is 22.8 Å². The van der Waals surface area contributed by atoms with Crippen molar-refractivity contribution in [2.45, 2.75) is 4.90 Å². The molecule has 0 amide bonds. The maximum atomic E-state index is 5.28. The molecule has 0 aliphatic rings. The first-order valence-electron chi connectivity index (χ1n) is 5.52. The Bertz CT molecular complexity index is 664. The topological polar surface area (TPSA) is 38.9 Å². The van der Waals surface area contributed by atoms with E-state index in [1.165, 1.54) is 0 Å². The van der Waals surface area contributed by atoms with Gasteiger partial charge in [0.15, 0.2) is 0 Å². The van der Waals surface area contributed by atoms with Gasteiger partial charge in [0.2, 0.25) is 5.82 Å². The second-order valence-corrected chi connectivity index (χ2v) is 4.29. The Morgan fingerprint density at radius 2 is 1.61 bits per heavy atom. The van der Waals surface area contributed by atoms with Crippen molar-refractivity contribution in [1.29, 1.82) is 0 Å². The molecule has 3 aromatic rings. The van der Waals surface area contributed by atoms with Gasteiger partial charge in [0.05, 0.1) is 5.56 Å². The summed E-state index contributed by atoms with van der Waals surface area (Å²) in [5, 5.41) is 3.98. The highest BCUT2D eigenvalue weighted by Crippen LogP contribution is 2.26. The number of hydrogen-bond acceptors (Lipinski definition) is 4. The minimum absolute atomic E-state index is 0.486. The van der Waals surface area contributed by atoms with Crippen LogP contribution in [0, 0.1) is 0 Å². The summed E-state index contributed by atoms with van der Waals surface area (Å²) in [6.45, 7) is 0. The van der Waals surface area contributed by atoms with Crippen LogP contribution in [0.15, 0.2) is 64.0 Å². The first-order chi connectivity index (χ1) is 8.84. The van der Waals surface area contributed by atoms with Gasteiger partial charge in [0.1, 0.15) is 0 Å². The van der Waals surface area contributed by atoms with Crippen LogP contribution < -0.4 is 0 Å². The fraction of sp³-hybridized carbons (Fsp3) is 0. The van der Waals surface area contributed by atoms with Crippen LogP contribution in [0.5, 0.6) is 0 Å². The predicted molar refractivity (Wildman–Crippen MR) is 72.4 cm³/mol. The summed E-state index contributed by atoms with van der Waals surface area (Å²) in [6, 6.07) is 17.4. The molecule has 2 aromatic carbocycles. The molecule has 0 atom stereocenters. The SMILES string of the molecule is Sc1ccccc1-c1nc(-c2ccccc2)no1. The molecule has 0 saturated heterocycles. The lowest BCUT2D eigenvalue weighted by Gasteiger charge is -1.97. The average Bonchev–Trinajstić information content (AvgIpc) is 2.90. The van der Waals surface area contributed by atoms with E-state index in [9.17, 15) is 0 Å². The third-order valence-corrected chi connectivity index (χ3v) is 2.98. The van der Waals surface area contributed by atoms with Crippen LogP contribution in [0.4, 0.5) is 0 Å². The highest BCUT2D eigenvalue weighted by atomic mass is 32.1. The minimum atomic E-state index is 0.486. The summed E-state index contributed by atoms with van der Waals surface area (Å²) in [7, 11) is 0. The fourth-order valence-corrected chi connectivity index (χ4v) is 1.95. The Morgan fingerprint density at radius 3 is 2.39 bits per heavy atom. The second kappa shape index (κ2) is 4.66. The largest absolute Gasteiger partial charge is 0.334 e. The van der Waals surface area contributed by atoms with Crippen molar-refractivity contribution >= 4 is 12.6 Å². The molecule has 3 rings (SSSR count). The summed E-state index contributed by atoms with van der Waals surface area (Å²) in [5.74, 6) is 1.07. The van der Waals surface area contributed by atoms with Gasteiger partial charge in [-0.1, -0.05) is 47.6 Å². The van der Waals surface area contributed by atoms with E-state index in [0.717, 1.165) is 16.0 Å². The molecule has 88 valence electrons. The Kier molecular flexibility index (Phi) is 2.86. The molecular formula is C14H10N2OS. The Balaban J connectivity index is 2.03. The lowest BCUT2D eigenvalue weighted by molar-refractivity contribution is 0.431. The standard InChI is InChI=1S/C14H10N2OS/c18-12-9-5-4-8-11(12)14-15-13(16-17-14)10-6-2-1-3-7-10/h1-9,18H. The fourth-order valence-electron chi connectivity index (χ4n) is 1.69. The van der Waals surface area contributed by atoms with Crippen LogP contribution in [0.3, 0.4) is 0 Å². The van der Waals surface area contributed by atoms with Crippen LogP contribution in [-0.4, -0.2) is 10.1 Å². The first-order valence-corrected chi connectivity index (χ1v) is 5.97. The molecule has 0 saturated carbocycles. The maximum absolute atomic E-state index is 5.28. The summed E-state index contributed by atoms with van der Waals surface area (Å²) in [5.41, 5.74) is 1.78. The normalized spacial score (nSPS) is 10.5. The van der Waals surface area contributed by atoms with Crippen molar-refractivity contribution in [3.8, 4) is 22.8 Å². The van der Waals surface area contributed by atoms with Gasteiger partial charge >= 0.3 is 0 Å². The molecule has 0 N–H and O–H groups in total. The molecule has 0 fully saturated rings. The van der Waals surface area contributed by atoms with Crippen molar-refractivity contribution in [3.05, 3.63) is 54.6 Å². The van der Waals surface area contributed by atoms with Gasteiger partial charge in [0, 0.05) is 10.5 Å². The number of aromatic nitrogens is 2. The highest BCUT2D eigenvalue weighted by molar-refractivity contribution is 7.80. The predicted octanol–water partition coefficient (Wildman–Crippen LogP) is 3.69. The van der Waals surface area contributed by atoms with E-state index < -0.39 is 0 Å².